The van der Waals surface area contributed by atoms with Crippen molar-refractivity contribution < 1.29 is 9.59 Å². The third-order valence-electron chi connectivity index (χ3n) is 4.25. The predicted octanol–water partition coefficient (Wildman–Crippen LogP) is 3.90. The topological polar surface area (TPSA) is 46.2 Å². The van der Waals surface area contributed by atoms with Gasteiger partial charge in [0.2, 0.25) is 0 Å². The number of hydrogen-bond donors (Lipinski definition) is 1. The number of benzene rings is 2. The highest BCUT2D eigenvalue weighted by Crippen LogP contribution is 2.40. The Kier molecular flexibility index (Phi) is 2.84. The molecule has 3 nitrogen and oxygen atoms in total. The number of Topliss-reactive ketones (excluding diaryl/α,β-unsaturated/α-hetero) is 1. The number of carbonyl (C=O) groups is 2. The molecule has 4 rings (SSSR count). The third kappa shape index (κ3) is 1.80. The van der Waals surface area contributed by atoms with Gasteiger partial charge in [0, 0.05) is 33.3 Å². The standard InChI is InChI=1S/C18H12BrNO2/c1-9-6-15-12(8-14(9)19)16(18(22)20-15)13-7-10-4-2-3-5-11(10)17(13)21/h2-6,8H,7H2,1H3,(H,20,22)/b16-13+. The van der Waals surface area contributed by atoms with Crippen molar-refractivity contribution in [2.45, 2.75) is 13.3 Å². The molecule has 0 spiro atoms. The molecule has 0 saturated carbocycles. The smallest absolute Gasteiger partial charge is 0.256 e. The average molecular weight is 354 g/mol. The van der Waals surface area contributed by atoms with Crippen LogP contribution in [0.2, 0.25) is 0 Å². The number of nitrogens with one attached hydrogen (secondary N) is 1. The molecule has 0 unspecified atom stereocenters. The number of allylic oxidation sites excluding steroid dienone is 1. The van der Waals surface area contributed by atoms with E-state index in [-0.39, 0.29) is 11.7 Å². The normalized spacial score (nSPS) is 19.2. The lowest BCUT2D eigenvalue weighted by molar-refractivity contribution is -0.110. The lowest BCUT2D eigenvalue weighted by Gasteiger charge is -2.05. The van der Waals surface area contributed by atoms with Crippen molar-refractivity contribution >= 4 is 38.9 Å². The number of hydrogen-bond acceptors (Lipinski definition) is 2. The van der Waals surface area contributed by atoms with E-state index in [1.54, 1.807) is 0 Å². The van der Waals surface area contributed by atoms with Crippen molar-refractivity contribution in [1.82, 2.24) is 0 Å². The van der Waals surface area contributed by atoms with Gasteiger partial charge in [0.05, 0.1) is 5.57 Å². The molecule has 2 aliphatic rings. The summed E-state index contributed by atoms with van der Waals surface area (Å²) in [5, 5.41) is 2.87. The number of ketones is 1. The molecule has 0 atom stereocenters. The largest absolute Gasteiger partial charge is 0.321 e. The summed E-state index contributed by atoms with van der Waals surface area (Å²) in [6.45, 7) is 1.97. The number of fused-ring (bicyclic) bond motifs is 2. The molecule has 0 saturated heterocycles. The van der Waals surface area contributed by atoms with E-state index in [2.05, 4.69) is 21.2 Å². The van der Waals surface area contributed by atoms with Crippen LogP contribution in [-0.4, -0.2) is 11.7 Å². The van der Waals surface area contributed by atoms with Gasteiger partial charge in [-0.15, -0.1) is 0 Å². The monoisotopic (exact) mass is 353 g/mol. The molecular formula is C18H12BrNO2. The van der Waals surface area contributed by atoms with Crippen LogP contribution in [0, 0.1) is 6.92 Å². The van der Waals surface area contributed by atoms with Gasteiger partial charge >= 0.3 is 0 Å². The molecule has 22 heavy (non-hydrogen) atoms. The molecule has 108 valence electrons. The molecule has 2 aromatic carbocycles. The van der Waals surface area contributed by atoms with Crippen molar-refractivity contribution in [3.8, 4) is 0 Å². The quantitative estimate of drug-likeness (QED) is 0.730. The Morgan fingerprint density at radius 2 is 1.86 bits per heavy atom. The summed E-state index contributed by atoms with van der Waals surface area (Å²) in [5.74, 6) is -0.228. The molecule has 1 aliphatic heterocycles. The Morgan fingerprint density at radius 1 is 1.09 bits per heavy atom. The minimum atomic E-state index is -0.191. The van der Waals surface area contributed by atoms with E-state index in [1.165, 1.54) is 0 Å². The van der Waals surface area contributed by atoms with E-state index in [9.17, 15) is 9.59 Å². The van der Waals surface area contributed by atoms with E-state index >= 15 is 0 Å². The molecule has 0 bridgehead atoms. The Hall–Kier alpha value is -2.20. The van der Waals surface area contributed by atoms with E-state index < -0.39 is 0 Å². The third-order valence-corrected chi connectivity index (χ3v) is 5.10. The first-order valence-corrected chi connectivity index (χ1v) is 7.83. The maximum atomic E-state index is 12.6. The molecule has 0 aromatic heterocycles. The van der Waals surface area contributed by atoms with Gasteiger partial charge < -0.3 is 5.32 Å². The van der Waals surface area contributed by atoms with Crippen LogP contribution in [0.25, 0.3) is 5.57 Å². The zero-order chi connectivity index (χ0) is 15.4. The van der Waals surface area contributed by atoms with Crippen molar-refractivity contribution in [3.63, 3.8) is 0 Å². The summed E-state index contributed by atoms with van der Waals surface area (Å²) in [6, 6.07) is 11.4. The van der Waals surface area contributed by atoms with Crippen LogP contribution in [0.5, 0.6) is 0 Å². The first kappa shape index (κ1) is 13.5. The molecule has 1 N–H and O–H groups in total. The Bertz CT molecular complexity index is 896. The molecule has 0 fully saturated rings. The van der Waals surface area contributed by atoms with Gasteiger partial charge in [0.15, 0.2) is 5.78 Å². The summed E-state index contributed by atoms with van der Waals surface area (Å²) in [5.41, 5.74) is 5.42. The van der Waals surface area contributed by atoms with Crippen molar-refractivity contribution in [2.75, 3.05) is 5.32 Å². The van der Waals surface area contributed by atoms with Gasteiger partial charge in [-0.3, -0.25) is 9.59 Å². The number of halogens is 1. The van der Waals surface area contributed by atoms with Crippen LogP contribution in [-0.2, 0) is 11.2 Å². The highest BCUT2D eigenvalue weighted by atomic mass is 79.9. The lowest BCUT2D eigenvalue weighted by Crippen LogP contribution is -2.09. The van der Waals surface area contributed by atoms with E-state index in [1.807, 2.05) is 43.3 Å². The Morgan fingerprint density at radius 3 is 2.64 bits per heavy atom. The van der Waals surface area contributed by atoms with Crippen LogP contribution >= 0.6 is 15.9 Å². The SMILES string of the molecule is Cc1cc2c(cc1Br)/C(=C1/Cc3ccccc3C1=O)C(=O)N2. The Balaban J connectivity index is 1.94. The Labute approximate surface area is 136 Å². The van der Waals surface area contributed by atoms with Crippen LogP contribution in [0.15, 0.2) is 46.4 Å². The minimum Gasteiger partial charge on any atom is -0.321 e. The fourth-order valence-electron chi connectivity index (χ4n) is 3.13. The maximum absolute atomic E-state index is 12.6. The van der Waals surface area contributed by atoms with Crippen molar-refractivity contribution in [3.05, 3.63) is 68.7 Å². The van der Waals surface area contributed by atoms with Gasteiger partial charge in [-0.25, -0.2) is 0 Å². The van der Waals surface area contributed by atoms with E-state index in [0.717, 1.165) is 26.9 Å². The first-order chi connectivity index (χ1) is 10.6. The summed E-state index contributed by atoms with van der Waals surface area (Å²) < 4.78 is 0.934. The maximum Gasteiger partial charge on any atom is 0.256 e. The molecule has 2 aromatic rings. The molecule has 1 aliphatic carbocycles. The van der Waals surface area contributed by atoms with Gasteiger partial charge in [-0.1, -0.05) is 40.2 Å². The van der Waals surface area contributed by atoms with Crippen molar-refractivity contribution in [2.24, 2.45) is 0 Å². The molecular weight excluding hydrogens is 342 g/mol. The van der Waals surface area contributed by atoms with Gasteiger partial charge in [0.25, 0.3) is 5.91 Å². The average Bonchev–Trinajstić information content (AvgIpc) is 2.97. The second kappa shape index (κ2) is 4.65. The first-order valence-electron chi connectivity index (χ1n) is 7.04. The zero-order valence-corrected chi connectivity index (χ0v) is 13.5. The highest BCUT2D eigenvalue weighted by Gasteiger charge is 2.34. The second-order valence-corrected chi connectivity index (χ2v) is 6.47. The number of aryl methyl sites for hydroxylation is 1. The van der Waals surface area contributed by atoms with Gasteiger partial charge in [0.1, 0.15) is 0 Å². The van der Waals surface area contributed by atoms with E-state index in [4.69, 9.17) is 0 Å². The fraction of sp³-hybridized carbons (Fsp3) is 0.111. The number of amides is 1. The molecule has 0 radical (unpaired) electrons. The number of anilines is 1. The van der Waals surface area contributed by atoms with Crippen LogP contribution in [0.4, 0.5) is 5.69 Å². The van der Waals surface area contributed by atoms with Gasteiger partial charge in [-0.2, -0.15) is 0 Å². The summed E-state index contributed by atoms with van der Waals surface area (Å²) >= 11 is 3.50. The van der Waals surface area contributed by atoms with Crippen molar-refractivity contribution in [1.29, 1.82) is 0 Å². The van der Waals surface area contributed by atoms with Crippen LogP contribution < -0.4 is 5.32 Å². The summed E-state index contributed by atoms with van der Waals surface area (Å²) in [6.07, 6.45) is 0.517. The zero-order valence-electron chi connectivity index (χ0n) is 11.9. The van der Waals surface area contributed by atoms with Crippen LogP contribution in [0.1, 0.15) is 27.0 Å². The lowest BCUT2D eigenvalue weighted by atomic mass is 9.97. The second-order valence-electron chi connectivity index (χ2n) is 5.62. The predicted molar refractivity (Wildman–Crippen MR) is 88.9 cm³/mol. The molecule has 1 amide bonds. The fourth-order valence-corrected chi connectivity index (χ4v) is 3.47. The number of rotatable bonds is 0. The number of carbonyl (C=O) groups excluding carboxylic acids is 2. The van der Waals surface area contributed by atoms with Crippen LogP contribution in [0.3, 0.4) is 0 Å². The van der Waals surface area contributed by atoms with E-state index in [0.29, 0.717) is 23.1 Å². The summed E-state index contributed by atoms with van der Waals surface area (Å²) in [4.78, 5) is 25.0. The molecule has 4 heteroatoms. The molecule has 1 heterocycles. The van der Waals surface area contributed by atoms with Gasteiger partial charge in [-0.05, 0) is 30.2 Å². The summed E-state index contributed by atoms with van der Waals surface area (Å²) in [7, 11) is 0. The highest BCUT2D eigenvalue weighted by molar-refractivity contribution is 9.10. The minimum absolute atomic E-state index is 0.0368.